The van der Waals surface area contributed by atoms with Crippen molar-refractivity contribution in [1.82, 2.24) is 14.6 Å². The molecule has 2 N–H and O–H groups in total. The number of aromatic nitrogens is 1. The maximum Gasteiger partial charge on any atom is 0.417 e. The van der Waals surface area contributed by atoms with E-state index in [1.54, 1.807) is 24.3 Å². The standard InChI is InChI=1S/C26H21F4N3O5S/c27-19-5-7-22-17(11-19)12-23(38-22)39(36,37)33-9-8-21(34)24(33)25(35)32-13-15-2-1-3-16(10-15)20-6-4-18(14-31-20)26(28,29)30/h1-7,10-12,14,21,24,34H,8-9,13H2,(H,32,35)/t21-,24?/m0/s1. The largest absolute Gasteiger partial charge is 0.443 e. The number of hydrogen-bond acceptors (Lipinski definition) is 6. The van der Waals surface area contributed by atoms with Crippen LogP contribution in [0.1, 0.15) is 17.5 Å². The van der Waals surface area contributed by atoms with E-state index in [0.717, 1.165) is 34.8 Å². The number of carbonyl (C=O) groups excluding carboxylic acids is 1. The second-order valence-corrected chi connectivity index (χ2v) is 10.8. The summed E-state index contributed by atoms with van der Waals surface area (Å²) < 4.78 is 84.8. The van der Waals surface area contributed by atoms with Crippen molar-refractivity contribution in [2.75, 3.05) is 6.54 Å². The first-order chi connectivity index (χ1) is 18.4. The number of hydrogen-bond donors (Lipinski definition) is 2. The van der Waals surface area contributed by atoms with Crippen LogP contribution in [-0.2, 0) is 27.5 Å². The van der Waals surface area contributed by atoms with Crippen LogP contribution in [0.3, 0.4) is 0 Å². The Hall–Kier alpha value is -3.81. The maximum absolute atomic E-state index is 13.5. The van der Waals surface area contributed by atoms with Crippen LogP contribution >= 0.6 is 0 Å². The summed E-state index contributed by atoms with van der Waals surface area (Å²) in [6.07, 6.45) is -5.03. The molecule has 0 radical (unpaired) electrons. The fourth-order valence-electron chi connectivity index (χ4n) is 4.42. The molecule has 1 aliphatic heterocycles. The first-order valence-electron chi connectivity index (χ1n) is 11.7. The van der Waals surface area contributed by atoms with Crippen molar-refractivity contribution < 1.29 is 40.3 Å². The number of alkyl halides is 3. The van der Waals surface area contributed by atoms with Crippen molar-refractivity contribution in [2.45, 2.75) is 36.4 Å². The van der Waals surface area contributed by atoms with Crippen molar-refractivity contribution in [3.8, 4) is 11.3 Å². The van der Waals surface area contributed by atoms with Gasteiger partial charge in [0.15, 0.2) is 0 Å². The third-order valence-electron chi connectivity index (χ3n) is 6.39. The Bertz CT molecular complexity index is 1640. The minimum absolute atomic E-state index is 0.0151. The fraction of sp³-hybridized carbons (Fsp3) is 0.231. The number of aliphatic hydroxyl groups is 1. The lowest BCUT2D eigenvalue weighted by Crippen LogP contribution is -2.49. The van der Waals surface area contributed by atoms with Crippen molar-refractivity contribution >= 4 is 26.9 Å². The summed E-state index contributed by atoms with van der Waals surface area (Å²) in [5, 5.41) is 12.8. The van der Waals surface area contributed by atoms with Crippen LogP contribution in [0, 0.1) is 5.82 Å². The van der Waals surface area contributed by atoms with Gasteiger partial charge >= 0.3 is 6.18 Å². The number of nitrogens with zero attached hydrogens (tertiary/aromatic N) is 2. The number of sulfonamides is 1. The zero-order chi connectivity index (χ0) is 27.9. The second-order valence-electron chi connectivity index (χ2n) is 9.01. The average Bonchev–Trinajstić information content (AvgIpc) is 3.51. The van der Waals surface area contributed by atoms with Gasteiger partial charge in [-0.05, 0) is 48.4 Å². The normalized spacial score (nSPS) is 18.5. The highest BCUT2D eigenvalue weighted by atomic mass is 32.2. The second kappa shape index (κ2) is 10.1. The molecule has 2 aromatic heterocycles. The number of fused-ring (bicyclic) bond motifs is 1. The third-order valence-corrected chi connectivity index (χ3v) is 8.12. The number of nitrogens with one attached hydrogen (secondary N) is 1. The predicted octanol–water partition coefficient (Wildman–Crippen LogP) is 4.09. The van der Waals surface area contributed by atoms with E-state index in [1.165, 1.54) is 12.1 Å². The Morgan fingerprint density at radius 2 is 1.92 bits per heavy atom. The van der Waals surface area contributed by atoms with Crippen LogP contribution in [-0.4, -0.2) is 47.4 Å². The molecule has 0 saturated carbocycles. The molecule has 0 bridgehead atoms. The summed E-state index contributed by atoms with van der Waals surface area (Å²) in [5.41, 5.74) is 0.660. The summed E-state index contributed by atoms with van der Waals surface area (Å²) in [6.45, 7) is -0.184. The van der Waals surface area contributed by atoms with Gasteiger partial charge in [0.2, 0.25) is 11.0 Å². The van der Waals surface area contributed by atoms with Gasteiger partial charge in [0.25, 0.3) is 10.0 Å². The van der Waals surface area contributed by atoms with E-state index in [0.29, 0.717) is 16.8 Å². The molecule has 1 unspecified atom stereocenters. The molecule has 13 heteroatoms. The SMILES string of the molecule is O=C(NCc1cccc(-c2ccc(C(F)(F)F)cn2)c1)C1[C@@H](O)CCN1S(=O)(=O)c1cc2cc(F)ccc2o1. The van der Waals surface area contributed by atoms with Gasteiger partial charge in [0.1, 0.15) is 17.4 Å². The summed E-state index contributed by atoms with van der Waals surface area (Å²) in [5.74, 6) is -1.32. The molecule has 1 fully saturated rings. The number of amides is 1. The Balaban J connectivity index is 1.31. The number of furan rings is 1. The van der Waals surface area contributed by atoms with Gasteiger partial charge in [0.05, 0.1) is 17.4 Å². The van der Waals surface area contributed by atoms with Gasteiger partial charge in [-0.25, -0.2) is 12.8 Å². The molecule has 0 spiro atoms. The smallest absolute Gasteiger partial charge is 0.417 e. The van der Waals surface area contributed by atoms with Crippen molar-refractivity contribution in [2.24, 2.45) is 0 Å². The number of halogens is 4. The van der Waals surface area contributed by atoms with Gasteiger partial charge in [-0.15, -0.1) is 0 Å². The van der Waals surface area contributed by atoms with E-state index in [-0.39, 0.29) is 30.5 Å². The molecular weight excluding hydrogens is 542 g/mol. The topological polar surface area (TPSA) is 113 Å². The minimum atomic E-state index is -4.51. The average molecular weight is 564 g/mol. The van der Waals surface area contributed by atoms with E-state index < -0.39 is 50.7 Å². The van der Waals surface area contributed by atoms with Crippen molar-refractivity contribution in [1.29, 1.82) is 0 Å². The molecule has 1 saturated heterocycles. The van der Waals surface area contributed by atoms with Gasteiger partial charge < -0.3 is 14.8 Å². The molecule has 1 aliphatic rings. The van der Waals surface area contributed by atoms with Gasteiger partial charge in [-0.3, -0.25) is 9.78 Å². The number of benzene rings is 2. The zero-order valence-corrected chi connectivity index (χ0v) is 20.8. The van der Waals surface area contributed by atoms with E-state index in [4.69, 9.17) is 4.42 Å². The van der Waals surface area contributed by atoms with E-state index in [1.807, 2.05) is 0 Å². The van der Waals surface area contributed by atoms with Crippen LogP contribution in [0.5, 0.6) is 0 Å². The number of rotatable bonds is 6. The fourth-order valence-corrected chi connectivity index (χ4v) is 6.01. The molecule has 8 nitrogen and oxygen atoms in total. The predicted molar refractivity (Wildman–Crippen MR) is 131 cm³/mol. The lowest BCUT2D eigenvalue weighted by Gasteiger charge is -2.23. The van der Waals surface area contributed by atoms with Gasteiger partial charge in [0, 0.05) is 36.3 Å². The Morgan fingerprint density at radius 3 is 2.64 bits per heavy atom. The molecule has 2 atom stereocenters. The number of carbonyl (C=O) groups is 1. The molecule has 204 valence electrons. The highest BCUT2D eigenvalue weighted by molar-refractivity contribution is 7.89. The minimum Gasteiger partial charge on any atom is -0.443 e. The quantitative estimate of drug-likeness (QED) is 0.342. The molecule has 4 aromatic rings. The summed E-state index contributed by atoms with van der Waals surface area (Å²) in [4.78, 5) is 16.9. The molecule has 39 heavy (non-hydrogen) atoms. The molecular formula is C26H21F4N3O5S. The molecule has 2 aromatic carbocycles. The van der Waals surface area contributed by atoms with Crippen LogP contribution < -0.4 is 5.32 Å². The summed E-state index contributed by atoms with van der Waals surface area (Å²) >= 11 is 0. The highest BCUT2D eigenvalue weighted by Crippen LogP contribution is 2.32. The number of aliphatic hydroxyl groups excluding tert-OH is 1. The van der Waals surface area contributed by atoms with E-state index in [9.17, 15) is 35.9 Å². The third kappa shape index (κ3) is 5.37. The summed E-state index contributed by atoms with van der Waals surface area (Å²) in [6, 6.07) is 12.0. The Labute approximate surface area is 219 Å². The lowest BCUT2D eigenvalue weighted by molar-refractivity contribution is -0.137. The molecule has 0 aliphatic carbocycles. The molecule has 5 rings (SSSR count). The first kappa shape index (κ1) is 26.8. The Kier molecular flexibility index (Phi) is 6.91. The van der Waals surface area contributed by atoms with Crippen LogP contribution in [0.4, 0.5) is 17.6 Å². The van der Waals surface area contributed by atoms with Crippen LogP contribution in [0.15, 0.2) is 76.4 Å². The van der Waals surface area contributed by atoms with E-state index >= 15 is 0 Å². The monoisotopic (exact) mass is 563 g/mol. The zero-order valence-electron chi connectivity index (χ0n) is 20.0. The number of pyridine rings is 1. The molecule has 1 amide bonds. The van der Waals surface area contributed by atoms with Crippen molar-refractivity contribution in [3.63, 3.8) is 0 Å². The highest BCUT2D eigenvalue weighted by Gasteiger charge is 2.46. The molecule has 3 heterocycles. The first-order valence-corrected chi connectivity index (χ1v) is 13.2. The van der Waals surface area contributed by atoms with Crippen molar-refractivity contribution in [3.05, 3.63) is 83.8 Å². The Morgan fingerprint density at radius 1 is 1.13 bits per heavy atom. The summed E-state index contributed by atoms with van der Waals surface area (Å²) in [7, 11) is -4.35. The van der Waals surface area contributed by atoms with Gasteiger partial charge in [-0.1, -0.05) is 18.2 Å². The van der Waals surface area contributed by atoms with Crippen LogP contribution in [0.2, 0.25) is 0 Å². The van der Waals surface area contributed by atoms with Gasteiger partial charge in [-0.2, -0.15) is 17.5 Å². The lowest BCUT2D eigenvalue weighted by atomic mass is 10.1. The maximum atomic E-state index is 13.5. The van der Waals surface area contributed by atoms with Crippen LogP contribution in [0.25, 0.3) is 22.2 Å². The van der Waals surface area contributed by atoms with E-state index in [2.05, 4.69) is 10.3 Å².